The highest BCUT2D eigenvalue weighted by atomic mass is 16.4. The van der Waals surface area contributed by atoms with E-state index in [1.165, 1.54) is 6.92 Å². The van der Waals surface area contributed by atoms with Gasteiger partial charge in [-0.15, -0.1) is 0 Å². The zero-order valence-electron chi connectivity index (χ0n) is 5.44. The summed E-state index contributed by atoms with van der Waals surface area (Å²) in [5.41, 5.74) is 4.98. The first kappa shape index (κ1) is 8.90. The van der Waals surface area contributed by atoms with Crippen LogP contribution in [-0.2, 0) is 9.59 Å². The summed E-state index contributed by atoms with van der Waals surface area (Å²) in [4.78, 5) is 20.2. The van der Waals surface area contributed by atoms with Crippen LogP contribution in [0.25, 0.3) is 0 Å². The molecule has 2 atom stereocenters. The highest BCUT2D eigenvalue weighted by Gasteiger charge is 2.25. The van der Waals surface area contributed by atoms with Crippen molar-refractivity contribution in [3.05, 3.63) is 0 Å². The van der Waals surface area contributed by atoms with Gasteiger partial charge in [0, 0.05) is 0 Å². The lowest BCUT2D eigenvalue weighted by atomic mass is 10.0. The van der Waals surface area contributed by atoms with Gasteiger partial charge in [-0.25, -0.2) is 0 Å². The van der Waals surface area contributed by atoms with Gasteiger partial charge in [0.2, 0.25) is 0 Å². The third-order valence-electron chi connectivity index (χ3n) is 1.21. The van der Waals surface area contributed by atoms with Crippen molar-refractivity contribution in [2.24, 2.45) is 11.7 Å². The lowest BCUT2D eigenvalue weighted by Gasteiger charge is -2.09. The van der Waals surface area contributed by atoms with E-state index < -0.39 is 23.9 Å². The van der Waals surface area contributed by atoms with E-state index in [4.69, 9.17) is 15.9 Å². The molecule has 0 radical (unpaired) electrons. The zero-order chi connectivity index (χ0) is 8.31. The number of hydrogen-bond acceptors (Lipinski definition) is 3. The lowest BCUT2D eigenvalue weighted by Crippen LogP contribution is -2.40. The highest BCUT2D eigenvalue weighted by Crippen LogP contribution is 1.99. The number of aliphatic carboxylic acids is 2. The molecule has 0 bridgehead atoms. The van der Waals surface area contributed by atoms with Crippen LogP contribution in [0.15, 0.2) is 0 Å². The van der Waals surface area contributed by atoms with Crippen LogP contribution < -0.4 is 5.73 Å². The predicted molar refractivity (Wildman–Crippen MR) is 32.4 cm³/mol. The van der Waals surface area contributed by atoms with Crippen LogP contribution in [0.5, 0.6) is 0 Å². The van der Waals surface area contributed by atoms with Crippen molar-refractivity contribution in [2.75, 3.05) is 0 Å². The Morgan fingerprint density at radius 2 is 1.70 bits per heavy atom. The van der Waals surface area contributed by atoms with Gasteiger partial charge in [-0.3, -0.25) is 9.59 Å². The predicted octanol–water partition coefficient (Wildman–Crippen LogP) is -0.881. The van der Waals surface area contributed by atoms with E-state index in [-0.39, 0.29) is 0 Å². The molecule has 0 fully saturated rings. The maximum atomic E-state index is 10.1. The molecule has 0 spiro atoms. The average Bonchev–Trinajstić information content (AvgIpc) is 1.84. The van der Waals surface area contributed by atoms with Gasteiger partial charge in [0.15, 0.2) is 0 Å². The summed E-state index contributed by atoms with van der Waals surface area (Å²) in [7, 11) is 0. The number of carbonyl (C=O) groups is 2. The number of carboxylic acids is 2. The quantitative estimate of drug-likeness (QED) is 0.481. The van der Waals surface area contributed by atoms with Gasteiger partial charge in [-0.05, 0) is 6.92 Å². The normalized spacial score (nSPS) is 15.8. The first-order valence-corrected chi connectivity index (χ1v) is 2.68. The first-order valence-electron chi connectivity index (χ1n) is 2.68. The molecule has 0 saturated heterocycles. The van der Waals surface area contributed by atoms with Crippen molar-refractivity contribution >= 4 is 11.9 Å². The standard InChI is InChI=1S/C5H9NO4/c1-2(4(7)8)3(6)5(9)10/h2-3H,6H2,1H3,(H,7,8)(H,9,10)/t2-,3+/m1/s1. The molecule has 0 saturated carbocycles. The second-order valence-electron chi connectivity index (χ2n) is 1.99. The molecule has 5 nitrogen and oxygen atoms in total. The molecule has 0 aromatic rings. The SMILES string of the molecule is C[C@@H](C(=O)O)[C@H](N)C(=O)O. The van der Waals surface area contributed by atoms with Gasteiger partial charge < -0.3 is 15.9 Å². The third-order valence-corrected chi connectivity index (χ3v) is 1.21. The monoisotopic (exact) mass is 147 g/mol. The second-order valence-corrected chi connectivity index (χ2v) is 1.99. The van der Waals surface area contributed by atoms with Crippen LogP contribution in [0.3, 0.4) is 0 Å². The summed E-state index contributed by atoms with van der Waals surface area (Å²) in [6.07, 6.45) is 0. The van der Waals surface area contributed by atoms with Crippen LogP contribution in [-0.4, -0.2) is 28.2 Å². The Morgan fingerprint density at radius 1 is 1.30 bits per heavy atom. The molecule has 58 valence electrons. The number of nitrogens with two attached hydrogens (primary N) is 1. The lowest BCUT2D eigenvalue weighted by molar-refractivity contribution is -0.149. The van der Waals surface area contributed by atoms with Crippen molar-refractivity contribution in [3.8, 4) is 0 Å². The Morgan fingerprint density at radius 3 is 1.80 bits per heavy atom. The van der Waals surface area contributed by atoms with Crippen molar-refractivity contribution in [3.63, 3.8) is 0 Å². The van der Waals surface area contributed by atoms with Crippen molar-refractivity contribution in [2.45, 2.75) is 13.0 Å². The van der Waals surface area contributed by atoms with Gasteiger partial charge in [0.1, 0.15) is 6.04 Å². The molecule has 0 aliphatic rings. The Kier molecular flexibility index (Phi) is 2.82. The minimum atomic E-state index is -1.32. The third kappa shape index (κ3) is 2.02. The fourth-order valence-electron chi connectivity index (χ4n) is 0.367. The Labute approximate surface area is 57.5 Å². The molecule has 4 N–H and O–H groups in total. The molecular weight excluding hydrogens is 138 g/mol. The number of rotatable bonds is 3. The first-order chi connectivity index (χ1) is 4.46. The Balaban J connectivity index is 4.07. The van der Waals surface area contributed by atoms with Gasteiger partial charge in [0.25, 0.3) is 0 Å². The van der Waals surface area contributed by atoms with Gasteiger partial charge in [-0.2, -0.15) is 0 Å². The topological polar surface area (TPSA) is 101 Å². The van der Waals surface area contributed by atoms with E-state index in [1.807, 2.05) is 0 Å². The number of carboxylic acid groups (broad SMARTS) is 2. The second kappa shape index (κ2) is 3.17. The molecule has 5 heteroatoms. The van der Waals surface area contributed by atoms with E-state index in [1.54, 1.807) is 0 Å². The van der Waals surface area contributed by atoms with Crippen molar-refractivity contribution < 1.29 is 19.8 Å². The van der Waals surface area contributed by atoms with Crippen LogP contribution >= 0.6 is 0 Å². The molecule has 0 heterocycles. The molecule has 0 aliphatic carbocycles. The maximum Gasteiger partial charge on any atom is 0.321 e. The minimum Gasteiger partial charge on any atom is -0.481 e. The van der Waals surface area contributed by atoms with Gasteiger partial charge in [-0.1, -0.05) is 0 Å². The van der Waals surface area contributed by atoms with Crippen LogP contribution in [0, 0.1) is 5.92 Å². The van der Waals surface area contributed by atoms with Crippen molar-refractivity contribution in [1.29, 1.82) is 0 Å². The van der Waals surface area contributed by atoms with Crippen LogP contribution in [0.4, 0.5) is 0 Å². The molecule has 0 unspecified atom stereocenters. The van der Waals surface area contributed by atoms with E-state index in [2.05, 4.69) is 0 Å². The van der Waals surface area contributed by atoms with E-state index in [9.17, 15) is 9.59 Å². The van der Waals surface area contributed by atoms with Crippen LogP contribution in [0.2, 0.25) is 0 Å². The largest absolute Gasteiger partial charge is 0.481 e. The Bertz CT molecular complexity index is 138. The summed E-state index contributed by atoms with van der Waals surface area (Å²) in [6, 6.07) is -1.32. The molecule has 10 heavy (non-hydrogen) atoms. The highest BCUT2D eigenvalue weighted by molar-refractivity contribution is 5.82. The molecule has 0 amide bonds. The summed E-state index contributed by atoms with van der Waals surface area (Å²) < 4.78 is 0. The average molecular weight is 147 g/mol. The maximum absolute atomic E-state index is 10.1. The molecule has 0 aromatic heterocycles. The fourth-order valence-corrected chi connectivity index (χ4v) is 0.367. The minimum absolute atomic E-state index is 1.04. The van der Waals surface area contributed by atoms with E-state index >= 15 is 0 Å². The number of hydrogen-bond donors (Lipinski definition) is 3. The fraction of sp³-hybridized carbons (Fsp3) is 0.600. The Hall–Kier alpha value is -1.10. The van der Waals surface area contributed by atoms with E-state index in [0.717, 1.165) is 0 Å². The summed E-state index contributed by atoms with van der Waals surface area (Å²) in [5.74, 6) is -3.54. The van der Waals surface area contributed by atoms with Gasteiger partial charge >= 0.3 is 11.9 Å². The van der Waals surface area contributed by atoms with Crippen molar-refractivity contribution in [1.82, 2.24) is 0 Å². The summed E-state index contributed by atoms with van der Waals surface area (Å²) in [6.45, 7) is 1.25. The molecule has 0 aromatic carbocycles. The zero-order valence-corrected chi connectivity index (χ0v) is 5.44. The smallest absolute Gasteiger partial charge is 0.321 e. The molecular formula is C5H9NO4. The van der Waals surface area contributed by atoms with Gasteiger partial charge in [0.05, 0.1) is 5.92 Å². The summed E-state index contributed by atoms with van der Waals surface area (Å²) in [5, 5.41) is 16.5. The molecule has 0 rings (SSSR count). The summed E-state index contributed by atoms with van der Waals surface area (Å²) >= 11 is 0. The van der Waals surface area contributed by atoms with Crippen LogP contribution in [0.1, 0.15) is 6.92 Å². The molecule has 0 aliphatic heterocycles. The van der Waals surface area contributed by atoms with E-state index in [0.29, 0.717) is 0 Å².